The summed E-state index contributed by atoms with van der Waals surface area (Å²) in [6.07, 6.45) is 10.0. The van der Waals surface area contributed by atoms with Crippen LogP contribution in [0.3, 0.4) is 0 Å². The average molecular weight is 707 g/mol. The van der Waals surface area contributed by atoms with Gasteiger partial charge in [0, 0.05) is 50.1 Å². The summed E-state index contributed by atoms with van der Waals surface area (Å²) in [4.78, 5) is 44.4. The van der Waals surface area contributed by atoms with Crippen LogP contribution in [-0.4, -0.2) is 66.8 Å². The van der Waals surface area contributed by atoms with E-state index in [0.29, 0.717) is 75.2 Å². The van der Waals surface area contributed by atoms with Gasteiger partial charge in [-0.15, -0.1) is 0 Å². The molecular formula is C43H60F2N2O4. The Kier molecular flexibility index (Phi) is 9.19. The highest BCUT2D eigenvalue weighted by Crippen LogP contribution is 2.77. The fraction of sp³-hybridized carbons (Fsp3) is 0.744. The van der Waals surface area contributed by atoms with Gasteiger partial charge in [-0.1, -0.05) is 46.8 Å². The van der Waals surface area contributed by atoms with Crippen molar-refractivity contribution in [2.24, 2.45) is 56.7 Å². The summed E-state index contributed by atoms with van der Waals surface area (Å²) in [6.45, 7) is 21.9. The lowest BCUT2D eigenvalue weighted by Gasteiger charge is -2.72. The second-order valence-corrected chi connectivity index (χ2v) is 18.9. The number of hydrogen-bond acceptors (Lipinski definition) is 5. The number of Topliss-reactive ketones (excluding diaryl/α,β-unsaturated/α-hetero) is 1. The van der Waals surface area contributed by atoms with Gasteiger partial charge >= 0.3 is 5.97 Å². The molecular weight excluding hydrogens is 646 g/mol. The van der Waals surface area contributed by atoms with Gasteiger partial charge in [0.05, 0.1) is 5.41 Å². The zero-order chi connectivity index (χ0) is 36.7. The van der Waals surface area contributed by atoms with Crippen LogP contribution in [0.5, 0.6) is 0 Å². The molecule has 6 aliphatic rings. The summed E-state index contributed by atoms with van der Waals surface area (Å²) < 4.78 is 33.4. The lowest BCUT2D eigenvalue weighted by molar-refractivity contribution is -0.236. The molecule has 8 heteroatoms. The van der Waals surface area contributed by atoms with Crippen molar-refractivity contribution in [3.8, 4) is 0 Å². The van der Waals surface area contributed by atoms with Gasteiger partial charge < -0.3 is 9.64 Å². The van der Waals surface area contributed by atoms with Crippen molar-refractivity contribution in [3.05, 3.63) is 47.5 Å². The first kappa shape index (κ1) is 36.7. The minimum absolute atomic E-state index is 0.0269. The number of ether oxygens (including phenoxy) is 1. The van der Waals surface area contributed by atoms with Crippen molar-refractivity contribution >= 4 is 17.7 Å². The van der Waals surface area contributed by atoms with Crippen LogP contribution in [0, 0.1) is 68.3 Å². The molecule has 1 amide bonds. The van der Waals surface area contributed by atoms with Crippen LogP contribution in [-0.2, 0) is 14.3 Å². The lowest BCUT2D eigenvalue weighted by atomic mass is 9.32. The van der Waals surface area contributed by atoms with Crippen LogP contribution in [0.15, 0.2) is 30.4 Å². The summed E-state index contributed by atoms with van der Waals surface area (Å²) in [5.41, 5.74) is 1.04. The van der Waals surface area contributed by atoms with Crippen LogP contribution in [0.2, 0.25) is 0 Å². The molecule has 7 rings (SSSR count). The van der Waals surface area contributed by atoms with Gasteiger partial charge in [-0.25, -0.2) is 8.78 Å². The largest absolute Gasteiger partial charge is 0.464 e. The Balaban J connectivity index is 1.03. The maximum Gasteiger partial charge on any atom is 0.312 e. The molecule has 0 bridgehead atoms. The highest BCUT2D eigenvalue weighted by Gasteiger charge is 2.72. The molecule has 0 unspecified atom stereocenters. The minimum Gasteiger partial charge on any atom is -0.464 e. The Hall–Kier alpha value is -2.61. The number of rotatable bonds is 6. The van der Waals surface area contributed by atoms with Gasteiger partial charge in [0.1, 0.15) is 12.4 Å². The maximum atomic E-state index is 14.4. The Labute approximate surface area is 304 Å². The predicted molar refractivity (Wildman–Crippen MR) is 194 cm³/mol. The maximum absolute atomic E-state index is 14.4. The molecule has 1 heterocycles. The van der Waals surface area contributed by atoms with Crippen molar-refractivity contribution in [3.63, 3.8) is 0 Å². The lowest BCUT2D eigenvalue weighted by Crippen LogP contribution is -2.66. The minimum atomic E-state index is -1.02. The normalized spacial score (nSPS) is 40.4. The number of benzene rings is 1. The number of allylic oxidation sites excluding steroid dienone is 1. The van der Waals surface area contributed by atoms with Crippen molar-refractivity contribution < 1.29 is 27.9 Å². The van der Waals surface area contributed by atoms with Gasteiger partial charge in [0.2, 0.25) is 0 Å². The van der Waals surface area contributed by atoms with E-state index in [2.05, 4.69) is 53.0 Å². The molecule has 0 aromatic heterocycles. The topological polar surface area (TPSA) is 66.9 Å². The molecule has 5 aliphatic carbocycles. The van der Waals surface area contributed by atoms with Crippen molar-refractivity contribution in [2.75, 3.05) is 39.3 Å². The van der Waals surface area contributed by atoms with Gasteiger partial charge in [-0.05, 0) is 129 Å². The Morgan fingerprint density at radius 2 is 1.59 bits per heavy atom. The van der Waals surface area contributed by atoms with Crippen LogP contribution < -0.4 is 0 Å². The molecule has 1 saturated heterocycles. The van der Waals surface area contributed by atoms with E-state index in [4.69, 9.17) is 4.74 Å². The summed E-state index contributed by atoms with van der Waals surface area (Å²) in [5, 5.41) is 0. The molecule has 5 saturated carbocycles. The molecule has 1 aliphatic heterocycles. The van der Waals surface area contributed by atoms with E-state index in [1.807, 2.05) is 0 Å². The first-order chi connectivity index (χ1) is 24.0. The van der Waals surface area contributed by atoms with Crippen LogP contribution >= 0.6 is 0 Å². The highest BCUT2D eigenvalue weighted by molar-refractivity contribution is 5.94. The van der Waals surface area contributed by atoms with E-state index in [-0.39, 0.29) is 45.0 Å². The van der Waals surface area contributed by atoms with Crippen LogP contribution in [0.25, 0.3) is 0 Å². The van der Waals surface area contributed by atoms with Crippen molar-refractivity contribution in [1.82, 2.24) is 9.80 Å². The van der Waals surface area contributed by atoms with Gasteiger partial charge in [-0.3, -0.25) is 19.3 Å². The zero-order valence-electron chi connectivity index (χ0n) is 31.9. The Bertz CT molecular complexity index is 1600. The number of amides is 1. The van der Waals surface area contributed by atoms with E-state index in [1.54, 1.807) is 4.90 Å². The molecule has 51 heavy (non-hydrogen) atoms. The number of esters is 1. The summed E-state index contributed by atoms with van der Waals surface area (Å²) >= 11 is 0. The van der Waals surface area contributed by atoms with Crippen molar-refractivity contribution in [2.45, 2.75) is 106 Å². The molecule has 1 aromatic carbocycles. The van der Waals surface area contributed by atoms with E-state index in [1.165, 1.54) is 18.1 Å². The smallest absolute Gasteiger partial charge is 0.312 e. The fourth-order valence-electron chi connectivity index (χ4n) is 13.7. The molecule has 0 radical (unpaired) electrons. The van der Waals surface area contributed by atoms with Crippen LogP contribution in [0.1, 0.15) is 116 Å². The monoisotopic (exact) mass is 706 g/mol. The number of halogens is 2. The van der Waals surface area contributed by atoms with Gasteiger partial charge in [-0.2, -0.15) is 0 Å². The van der Waals surface area contributed by atoms with Crippen molar-refractivity contribution in [1.29, 1.82) is 0 Å². The summed E-state index contributed by atoms with van der Waals surface area (Å²) in [7, 11) is 0. The molecule has 9 atom stereocenters. The molecule has 6 fully saturated rings. The SMILES string of the molecule is C=C(C)[C@@H]1CC[C@]2(C(=O)OCCN3CCN(C(=O)c4ccc(F)c(F)c4)CC3)CC[C@]3(C)[C@H](CC[C@@H]4[C@@]5(C)CCC(=O)C(C)(C)[C@@H]5CC[C@]43C)[C@@H]12. The second kappa shape index (κ2) is 12.8. The molecule has 1 aromatic rings. The summed E-state index contributed by atoms with van der Waals surface area (Å²) in [5.74, 6) is 0.131. The van der Waals surface area contributed by atoms with Gasteiger partial charge in [0.15, 0.2) is 11.6 Å². The standard InChI is InChI=1S/C43H60F2N2O4/c1-27(2)29-12-17-43(38(50)51-25-24-46-20-22-47(23-21-46)37(49)28-8-10-31(44)32(45)26-28)19-18-41(6)30(36(29)43)9-11-34-40(5)15-14-35(48)39(3,4)33(40)13-16-42(34,41)7/h8,10,26,29-30,33-34,36H,1,9,11-25H2,2-7H3/t29-,30+,33-,34+,36+,40-,41+,42+,43-/m0/s1. The Morgan fingerprint density at radius 3 is 2.27 bits per heavy atom. The van der Waals surface area contributed by atoms with E-state index in [9.17, 15) is 23.2 Å². The molecule has 280 valence electrons. The summed E-state index contributed by atoms with van der Waals surface area (Å²) in [6, 6.07) is 3.28. The molecule has 0 N–H and O–H groups in total. The number of carbonyl (C=O) groups excluding carboxylic acids is 3. The average Bonchev–Trinajstić information content (AvgIpc) is 3.50. The van der Waals surface area contributed by atoms with Gasteiger partial charge in [0.25, 0.3) is 5.91 Å². The first-order valence-corrected chi connectivity index (χ1v) is 19.8. The highest BCUT2D eigenvalue weighted by atomic mass is 19.2. The first-order valence-electron chi connectivity index (χ1n) is 19.8. The number of nitrogens with zero attached hydrogens (tertiary/aromatic N) is 2. The number of carbonyl (C=O) groups is 3. The number of hydrogen-bond donors (Lipinski definition) is 0. The number of ketones is 1. The third kappa shape index (κ3) is 5.49. The third-order valence-electron chi connectivity index (χ3n) is 16.7. The zero-order valence-corrected chi connectivity index (χ0v) is 31.9. The number of piperazine rings is 1. The quantitative estimate of drug-likeness (QED) is 0.219. The van der Waals surface area contributed by atoms with E-state index >= 15 is 0 Å². The van der Waals surface area contributed by atoms with Crippen LogP contribution in [0.4, 0.5) is 8.78 Å². The van der Waals surface area contributed by atoms with E-state index < -0.39 is 17.0 Å². The third-order valence-corrected chi connectivity index (χ3v) is 16.7. The molecule has 0 spiro atoms. The second-order valence-electron chi connectivity index (χ2n) is 18.9. The molecule has 6 nitrogen and oxygen atoms in total. The Morgan fingerprint density at radius 1 is 0.863 bits per heavy atom. The van der Waals surface area contributed by atoms with E-state index in [0.717, 1.165) is 63.5 Å². The fourth-order valence-corrected chi connectivity index (χ4v) is 13.7. The predicted octanol–water partition coefficient (Wildman–Crippen LogP) is 8.49. The number of fused-ring (bicyclic) bond motifs is 7.